The molecule has 3 aliphatic rings. The molecule has 152 valence electrons. The van der Waals surface area contributed by atoms with E-state index in [0.29, 0.717) is 22.9 Å². The van der Waals surface area contributed by atoms with Gasteiger partial charge in [-0.3, -0.25) is 0 Å². The zero-order valence-electron chi connectivity index (χ0n) is 17.0. The summed E-state index contributed by atoms with van der Waals surface area (Å²) in [5.74, 6) is 0. The van der Waals surface area contributed by atoms with E-state index >= 15 is 0 Å². The van der Waals surface area contributed by atoms with Gasteiger partial charge in [0.2, 0.25) is 0 Å². The Morgan fingerprint density at radius 1 is 1.07 bits per heavy atom. The predicted octanol–water partition coefficient (Wildman–Crippen LogP) is 3.70. The minimum Gasteiger partial charge on any atom is -0.422 e. The first kappa shape index (κ1) is 17.7. The second kappa shape index (κ2) is 6.71. The average molecular weight is 400 g/mol. The van der Waals surface area contributed by atoms with E-state index in [2.05, 4.69) is 26.9 Å². The van der Waals surface area contributed by atoms with Crippen LogP contribution >= 0.6 is 0 Å². The molecule has 0 atom stereocenters. The third kappa shape index (κ3) is 2.82. The van der Waals surface area contributed by atoms with Crippen molar-refractivity contribution in [2.24, 2.45) is 0 Å². The number of rotatable bonds is 2. The van der Waals surface area contributed by atoms with Crippen LogP contribution in [0.5, 0.6) is 0 Å². The highest BCUT2D eigenvalue weighted by atomic mass is 16.4. The molecule has 0 radical (unpaired) electrons. The van der Waals surface area contributed by atoms with Crippen molar-refractivity contribution in [2.45, 2.75) is 25.8 Å². The topological polar surface area (TPSA) is 54.0 Å². The third-order valence-corrected chi connectivity index (χ3v) is 6.66. The Morgan fingerprint density at radius 2 is 1.93 bits per heavy atom. The Morgan fingerprint density at radius 3 is 2.77 bits per heavy atom. The lowest BCUT2D eigenvalue weighted by atomic mass is 10.0. The highest BCUT2D eigenvalue weighted by molar-refractivity contribution is 5.84. The maximum atomic E-state index is 12.8. The molecular weight excluding hydrogens is 376 g/mol. The van der Waals surface area contributed by atoms with Crippen LogP contribution < -0.4 is 10.5 Å². The molecule has 6 heterocycles. The number of aryl methyl sites for hydroxylation is 1. The molecule has 3 aromatic heterocycles. The van der Waals surface area contributed by atoms with Gasteiger partial charge in [-0.1, -0.05) is 6.07 Å². The molecule has 3 aliphatic heterocycles. The molecule has 7 rings (SSSR count). The van der Waals surface area contributed by atoms with Crippen molar-refractivity contribution in [3.8, 4) is 11.3 Å². The number of hydrogen-bond donors (Lipinski definition) is 0. The Labute approximate surface area is 174 Å². The number of imidazole rings is 1. The highest BCUT2D eigenvalue weighted by Crippen LogP contribution is 2.30. The summed E-state index contributed by atoms with van der Waals surface area (Å²) in [6.07, 6.45) is 6.24. The van der Waals surface area contributed by atoms with E-state index in [0.717, 1.165) is 35.4 Å². The number of piperidine rings is 1. The Bertz CT molecular complexity index is 1310. The van der Waals surface area contributed by atoms with E-state index in [9.17, 15) is 4.79 Å². The van der Waals surface area contributed by atoms with Gasteiger partial charge in [0, 0.05) is 61.8 Å². The number of nitrogens with zero attached hydrogens (tertiary/aromatic N) is 4. The molecule has 0 N–H and O–H groups in total. The minimum atomic E-state index is -0.344. The van der Waals surface area contributed by atoms with Crippen LogP contribution in [0.25, 0.3) is 27.9 Å². The van der Waals surface area contributed by atoms with Crippen LogP contribution in [0.2, 0.25) is 0 Å². The normalized spacial score (nSPS) is 21.4. The molecule has 0 saturated carbocycles. The number of hydrogen-bond acceptors (Lipinski definition) is 5. The van der Waals surface area contributed by atoms with Crippen LogP contribution in [-0.4, -0.2) is 46.5 Å². The molecule has 0 spiro atoms. The Balaban J connectivity index is 1.41. The number of aromatic nitrogens is 2. The first-order chi connectivity index (χ1) is 14.7. The van der Waals surface area contributed by atoms with Crippen molar-refractivity contribution < 1.29 is 4.42 Å². The summed E-state index contributed by atoms with van der Waals surface area (Å²) in [7, 11) is 0. The van der Waals surface area contributed by atoms with Crippen molar-refractivity contribution in [2.75, 3.05) is 31.1 Å². The van der Waals surface area contributed by atoms with Crippen LogP contribution in [0, 0.1) is 6.92 Å². The van der Waals surface area contributed by atoms with Crippen LogP contribution in [0.1, 0.15) is 18.4 Å². The first-order valence-electron chi connectivity index (χ1n) is 10.7. The van der Waals surface area contributed by atoms with Gasteiger partial charge in [-0.25, -0.2) is 9.78 Å². The van der Waals surface area contributed by atoms with E-state index in [4.69, 9.17) is 4.42 Å². The second-order valence-corrected chi connectivity index (χ2v) is 8.48. The second-order valence-electron chi connectivity index (χ2n) is 8.48. The van der Waals surface area contributed by atoms with E-state index in [1.54, 1.807) is 0 Å². The number of fused-ring (bicyclic) bond motifs is 6. The molecule has 3 fully saturated rings. The van der Waals surface area contributed by atoms with E-state index in [-0.39, 0.29) is 5.63 Å². The van der Waals surface area contributed by atoms with E-state index in [1.165, 1.54) is 25.9 Å². The van der Waals surface area contributed by atoms with Crippen LogP contribution in [0.3, 0.4) is 0 Å². The van der Waals surface area contributed by atoms with Crippen molar-refractivity contribution in [1.29, 1.82) is 0 Å². The van der Waals surface area contributed by atoms with E-state index in [1.807, 2.05) is 48.0 Å². The summed E-state index contributed by atoms with van der Waals surface area (Å²) in [6, 6.07) is 12.7. The lowest BCUT2D eigenvalue weighted by molar-refractivity contribution is 0.250. The lowest BCUT2D eigenvalue weighted by Gasteiger charge is -2.33. The van der Waals surface area contributed by atoms with Crippen molar-refractivity contribution in [1.82, 2.24) is 14.3 Å². The molecule has 2 bridgehead atoms. The Hall–Kier alpha value is -3.12. The largest absolute Gasteiger partial charge is 0.422 e. The fourth-order valence-corrected chi connectivity index (χ4v) is 4.97. The van der Waals surface area contributed by atoms with Gasteiger partial charge in [0.25, 0.3) is 0 Å². The van der Waals surface area contributed by atoms with Crippen molar-refractivity contribution in [3.05, 3.63) is 64.8 Å². The fourth-order valence-electron chi connectivity index (χ4n) is 4.97. The molecule has 0 unspecified atom stereocenters. The minimum absolute atomic E-state index is 0.344. The molecule has 3 saturated heterocycles. The number of pyridine rings is 1. The maximum Gasteiger partial charge on any atom is 0.345 e. The van der Waals surface area contributed by atoms with E-state index < -0.39 is 0 Å². The summed E-state index contributed by atoms with van der Waals surface area (Å²) in [5, 5.41) is 0.921. The number of anilines is 1. The molecule has 0 aliphatic carbocycles. The van der Waals surface area contributed by atoms with Gasteiger partial charge in [0.05, 0.1) is 11.3 Å². The maximum absolute atomic E-state index is 12.8. The summed E-state index contributed by atoms with van der Waals surface area (Å²) < 4.78 is 7.72. The average Bonchev–Trinajstić information content (AvgIpc) is 2.97. The first-order valence-corrected chi connectivity index (χ1v) is 10.7. The van der Waals surface area contributed by atoms with Gasteiger partial charge < -0.3 is 18.6 Å². The predicted molar refractivity (Wildman–Crippen MR) is 118 cm³/mol. The number of benzene rings is 1. The zero-order chi connectivity index (χ0) is 20.2. The standard InChI is InChI=1S/C24H24N4O2/c1-16-3-2-8-27-15-21(25-23(16)27)20-13-17-4-5-19(14-22(17)30-24(20)29)28-12-11-26-9-6-18(28)7-10-26/h2-5,8,13-15,18H,6-7,9-12H2,1H3. The van der Waals surface area contributed by atoms with Crippen LogP contribution in [0.4, 0.5) is 5.69 Å². The molecule has 6 nitrogen and oxygen atoms in total. The summed E-state index contributed by atoms with van der Waals surface area (Å²) in [6.45, 7) is 6.52. The monoisotopic (exact) mass is 400 g/mol. The molecular formula is C24H24N4O2. The lowest BCUT2D eigenvalue weighted by Crippen LogP contribution is -2.37. The zero-order valence-corrected chi connectivity index (χ0v) is 17.0. The summed E-state index contributed by atoms with van der Waals surface area (Å²) in [4.78, 5) is 22.5. The molecule has 1 aromatic carbocycles. The summed E-state index contributed by atoms with van der Waals surface area (Å²) in [5.41, 5.74) is 4.51. The van der Waals surface area contributed by atoms with Gasteiger partial charge in [0.1, 0.15) is 11.2 Å². The molecule has 0 amide bonds. The van der Waals surface area contributed by atoms with Crippen molar-refractivity contribution >= 4 is 22.3 Å². The van der Waals surface area contributed by atoms with Crippen LogP contribution in [0.15, 0.2) is 58.0 Å². The molecule has 30 heavy (non-hydrogen) atoms. The quantitative estimate of drug-likeness (QED) is 0.480. The van der Waals surface area contributed by atoms with Gasteiger partial charge in [-0.15, -0.1) is 0 Å². The van der Waals surface area contributed by atoms with Crippen LogP contribution in [-0.2, 0) is 0 Å². The smallest absolute Gasteiger partial charge is 0.345 e. The van der Waals surface area contributed by atoms with Crippen molar-refractivity contribution in [3.63, 3.8) is 0 Å². The van der Waals surface area contributed by atoms with Gasteiger partial charge in [0.15, 0.2) is 0 Å². The fraction of sp³-hybridized carbons (Fsp3) is 0.333. The Kier molecular flexibility index (Phi) is 3.96. The van der Waals surface area contributed by atoms with Gasteiger partial charge >= 0.3 is 5.63 Å². The third-order valence-electron chi connectivity index (χ3n) is 6.66. The van der Waals surface area contributed by atoms with Gasteiger partial charge in [-0.2, -0.15) is 0 Å². The summed E-state index contributed by atoms with van der Waals surface area (Å²) >= 11 is 0. The molecule has 6 heteroatoms. The SMILES string of the molecule is Cc1cccn2cc(-c3cc4ccc(N5CCN6CCC5CC6)cc4oc3=O)nc12. The van der Waals surface area contributed by atoms with Gasteiger partial charge in [-0.05, 0) is 49.6 Å². The highest BCUT2D eigenvalue weighted by Gasteiger charge is 2.29. The molecule has 4 aromatic rings.